The maximum absolute atomic E-state index is 11.2. The Kier molecular flexibility index (Phi) is 3.49. The number of nitrogens with zero attached hydrogens (tertiary/aromatic N) is 1. The zero-order valence-corrected chi connectivity index (χ0v) is 8.67. The van der Waals surface area contributed by atoms with Crippen LogP contribution in [-0.4, -0.2) is 15.7 Å². The molecule has 0 bridgehead atoms. The van der Waals surface area contributed by atoms with Crippen molar-refractivity contribution in [1.82, 2.24) is 9.55 Å². The number of aromatic nitrogens is 2. The van der Waals surface area contributed by atoms with E-state index >= 15 is 0 Å². The largest absolute Gasteiger partial charge is 0.358 e. The number of rotatable bonds is 3. The van der Waals surface area contributed by atoms with Crippen molar-refractivity contribution in [2.45, 2.75) is 26.7 Å². The van der Waals surface area contributed by atoms with Crippen molar-refractivity contribution < 1.29 is 4.74 Å². The van der Waals surface area contributed by atoms with E-state index in [0.717, 1.165) is 0 Å². The van der Waals surface area contributed by atoms with E-state index in [1.54, 1.807) is 0 Å². The fourth-order valence-corrected chi connectivity index (χ4v) is 0.973. The van der Waals surface area contributed by atoms with Gasteiger partial charge in [0.05, 0.1) is 6.10 Å². The monoisotopic (exact) mass is 218 g/mol. The van der Waals surface area contributed by atoms with E-state index < -0.39 is 11.2 Å². The number of aromatic amines is 1. The first kappa shape index (κ1) is 11.0. The molecule has 0 atom stereocenters. The van der Waals surface area contributed by atoms with Crippen molar-refractivity contribution in [3.8, 4) is 0 Å². The van der Waals surface area contributed by atoms with E-state index in [1.165, 1.54) is 10.8 Å². The molecule has 0 fully saturated rings. The van der Waals surface area contributed by atoms with Crippen LogP contribution in [0, 0.1) is 0 Å². The Morgan fingerprint density at radius 2 is 2.21 bits per heavy atom. The van der Waals surface area contributed by atoms with Gasteiger partial charge in [-0.25, -0.2) is 4.79 Å². The summed E-state index contributed by atoms with van der Waals surface area (Å²) in [7, 11) is 0. The lowest BCUT2D eigenvalue weighted by Gasteiger charge is -2.08. The molecule has 0 aromatic carbocycles. The molecule has 1 N–H and O–H groups in total. The Bertz CT molecular complexity index is 421. The van der Waals surface area contributed by atoms with E-state index in [9.17, 15) is 9.59 Å². The third kappa shape index (κ3) is 2.71. The van der Waals surface area contributed by atoms with Gasteiger partial charge in [0.2, 0.25) is 0 Å². The molecule has 78 valence electrons. The predicted molar refractivity (Wildman–Crippen MR) is 52.6 cm³/mol. The molecule has 0 amide bonds. The van der Waals surface area contributed by atoms with Crippen LogP contribution in [0.3, 0.4) is 0 Å². The van der Waals surface area contributed by atoms with E-state index in [0.29, 0.717) is 0 Å². The first-order valence-corrected chi connectivity index (χ1v) is 4.49. The van der Waals surface area contributed by atoms with Crippen molar-refractivity contribution in [3.63, 3.8) is 0 Å². The summed E-state index contributed by atoms with van der Waals surface area (Å²) < 4.78 is 6.38. The molecular formula is C8H11ClN2O3. The minimum absolute atomic E-state index is 0.00704. The van der Waals surface area contributed by atoms with Gasteiger partial charge in [0, 0.05) is 6.20 Å². The summed E-state index contributed by atoms with van der Waals surface area (Å²) in [5, 5.41) is -0.0306. The SMILES string of the molecule is CC(C)OCn1cc(Cl)c(=O)[nH]c1=O. The summed E-state index contributed by atoms with van der Waals surface area (Å²) in [6, 6.07) is 0. The lowest BCUT2D eigenvalue weighted by Crippen LogP contribution is -2.30. The van der Waals surface area contributed by atoms with Crippen LogP contribution < -0.4 is 11.2 Å². The predicted octanol–water partition coefficient (Wildman–Crippen LogP) is 0.573. The van der Waals surface area contributed by atoms with Crippen molar-refractivity contribution in [3.05, 3.63) is 32.1 Å². The van der Waals surface area contributed by atoms with E-state index in [-0.39, 0.29) is 17.9 Å². The fourth-order valence-electron chi connectivity index (χ4n) is 0.808. The first-order chi connectivity index (χ1) is 6.50. The summed E-state index contributed by atoms with van der Waals surface area (Å²) in [6.07, 6.45) is 1.26. The van der Waals surface area contributed by atoms with Crippen LogP contribution in [0.4, 0.5) is 0 Å². The van der Waals surface area contributed by atoms with Crippen LogP contribution in [0.15, 0.2) is 15.8 Å². The third-order valence-corrected chi connectivity index (χ3v) is 1.78. The Morgan fingerprint density at radius 1 is 1.57 bits per heavy atom. The van der Waals surface area contributed by atoms with Crippen molar-refractivity contribution in [2.24, 2.45) is 0 Å². The van der Waals surface area contributed by atoms with E-state index in [1.807, 2.05) is 13.8 Å². The highest BCUT2D eigenvalue weighted by Crippen LogP contribution is 1.97. The lowest BCUT2D eigenvalue weighted by molar-refractivity contribution is 0.0260. The van der Waals surface area contributed by atoms with Gasteiger partial charge < -0.3 is 4.74 Å². The second kappa shape index (κ2) is 4.43. The topological polar surface area (TPSA) is 64.1 Å². The highest BCUT2D eigenvalue weighted by atomic mass is 35.5. The average Bonchev–Trinajstić information content (AvgIpc) is 2.09. The average molecular weight is 219 g/mol. The number of ether oxygens (including phenoxy) is 1. The zero-order chi connectivity index (χ0) is 10.7. The maximum atomic E-state index is 11.2. The number of hydrogen-bond acceptors (Lipinski definition) is 3. The second-order valence-electron chi connectivity index (χ2n) is 3.05. The third-order valence-electron chi connectivity index (χ3n) is 1.51. The number of hydrogen-bond donors (Lipinski definition) is 1. The Labute approximate surface area is 85.3 Å². The lowest BCUT2D eigenvalue weighted by atomic mass is 10.5. The summed E-state index contributed by atoms with van der Waals surface area (Å²) in [5.74, 6) is 0. The quantitative estimate of drug-likeness (QED) is 0.807. The first-order valence-electron chi connectivity index (χ1n) is 4.11. The summed E-state index contributed by atoms with van der Waals surface area (Å²) >= 11 is 5.54. The molecule has 0 saturated carbocycles. The molecule has 1 aromatic heterocycles. The Balaban J connectivity index is 2.93. The molecule has 0 unspecified atom stereocenters. The van der Waals surface area contributed by atoms with Crippen LogP contribution in [0.25, 0.3) is 0 Å². The zero-order valence-electron chi connectivity index (χ0n) is 7.91. The Hall–Kier alpha value is -1.07. The molecule has 0 aliphatic heterocycles. The molecule has 0 aliphatic carbocycles. The van der Waals surface area contributed by atoms with Crippen molar-refractivity contribution in [1.29, 1.82) is 0 Å². The summed E-state index contributed by atoms with van der Waals surface area (Å²) in [6.45, 7) is 3.77. The second-order valence-corrected chi connectivity index (χ2v) is 3.46. The molecule has 0 aliphatic rings. The van der Waals surface area contributed by atoms with E-state index in [2.05, 4.69) is 4.98 Å². The molecule has 5 nitrogen and oxygen atoms in total. The fraction of sp³-hybridized carbons (Fsp3) is 0.500. The molecule has 6 heteroatoms. The van der Waals surface area contributed by atoms with E-state index in [4.69, 9.17) is 16.3 Å². The van der Waals surface area contributed by atoms with Gasteiger partial charge in [-0.15, -0.1) is 0 Å². The molecule has 0 radical (unpaired) electrons. The molecule has 14 heavy (non-hydrogen) atoms. The smallest absolute Gasteiger partial charge is 0.330 e. The van der Waals surface area contributed by atoms with Gasteiger partial charge in [-0.1, -0.05) is 11.6 Å². The number of H-pyrrole nitrogens is 1. The van der Waals surface area contributed by atoms with Crippen LogP contribution >= 0.6 is 11.6 Å². The minimum Gasteiger partial charge on any atom is -0.358 e. The van der Waals surface area contributed by atoms with Gasteiger partial charge >= 0.3 is 5.69 Å². The van der Waals surface area contributed by atoms with Crippen molar-refractivity contribution >= 4 is 11.6 Å². The standard InChI is InChI=1S/C8H11ClN2O3/c1-5(2)14-4-11-3-6(9)7(12)10-8(11)13/h3,5H,4H2,1-2H3,(H,10,12,13). The van der Waals surface area contributed by atoms with Gasteiger partial charge in [0.25, 0.3) is 5.56 Å². The van der Waals surface area contributed by atoms with Gasteiger partial charge in [0.1, 0.15) is 11.8 Å². The molecule has 0 spiro atoms. The molecule has 1 aromatic rings. The van der Waals surface area contributed by atoms with Gasteiger partial charge in [0.15, 0.2) is 0 Å². The highest BCUT2D eigenvalue weighted by molar-refractivity contribution is 6.30. The molecule has 1 heterocycles. The van der Waals surface area contributed by atoms with Gasteiger partial charge in [-0.05, 0) is 13.8 Å². The normalized spacial score (nSPS) is 10.9. The van der Waals surface area contributed by atoms with Crippen LogP contribution in [-0.2, 0) is 11.5 Å². The molecule has 0 saturated heterocycles. The molecule has 1 rings (SSSR count). The van der Waals surface area contributed by atoms with Gasteiger partial charge in [-0.3, -0.25) is 14.3 Å². The Morgan fingerprint density at radius 3 is 2.79 bits per heavy atom. The highest BCUT2D eigenvalue weighted by Gasteiger charge is 2.02. The van der Waals surface area contributed by atoms with Crippen LogP contribution in [0.2, 0.25) is 5.02 Å². The van der Waals surface area contributed by atoms with Gasteiger partial charge in [-0.2, -0.15) is 0 Å². The molecular weight excluding hydrogens is 208 g/mol. The van der Waals surface area contributed by atoms with Crippen LogP contribution in [0.1, 0.15) is 13.8 Å². The number of nitrogens with one attached hydrogen (secondary N) is 1. The van der Waals surface area contributed by atoms with Crippen molar-refractivity contribution in [2.75, 3.05) is 0 Å². The maximum Gasteiger partial charge on any atom is 0.330 e. The minimum atomic E-state index is -0.586. The van der Waals surface area contributed by atoms with Crippen LogP contribution in [0.5, 0.6) is 0 Å². The summed E-state index contributed by atoms with van der Waals surface area (Å²) in [4.78, 5) is 24.1. The summed E-state index contributed by atoms with van der Waals surface area (Å²) in [5.41, 5.74) is -1.11. The number of halogens is 1.